The molecule has 0 aromatic heterocycles. The standard InChI is InChI=1S/C15H32/c1-7-13(5)14(6)11-15(8-2)10-9-12(3)4/h12-15H,7-11H2,1-6H3. The molecule has 0 saturated heterocycles. The van der Waals surface area contributed by atoms with Gasteiger partial charge in [0.25, 0.3) is 0 Å². The molecule has 0 heteroatoms. The SMILES string of the molecule is CCC(CCC(C)C)CC(C)C(C)CC. The highest BCUT2D eigenvalue weighted by molar-refractivity contribution is 4.67. The van der Waals surface area contributed by atoms with Gasteiger partial charge in [0.05, 0.1) is 0 Å². The molecular weight excluding hydrogens is 180 g/mol. The Morgan fingerprint density at radius 1 is 0.733 bits per heavy atom. The van der Waals surface area contributed by atoms with Gasteiger partial charge in [-0.25, -0.2) is 0 Å². The molecule has 0 aromatic carbocycles. The molecule has 0 nitrogen and oxygen atoms in total. The van der Waals surface area contributed by atoms with Gasteiger partial charge in [-0.2, -0.15) is 0 Å². The summed E-state index contributed by atoms with van der Waals surface area (Å²) in [5, 5.41) is 0. The molecule has 0 aliphatic carbocycles. The van der Waals surface area contributed by atoms with Gasteiger partial charge in [-0.1, -0.05) is 67.2 Å². The summed E-state index contributed by atoms with van der Waals surface area (Å²) < 4.78 is 0. The minimum Gasteiger partial charge on any atom is -0.0651 e. The molecule has 92 valence electrons. The molecule has 0 heterocycles. The third-order valence-corrected chi connectivity index (χ3v) is 4.05. The molecule has 0 aliphatic rings. The summed E-state index contributed by atoms with van der Waals surface area (Å²) in [7, 11) is 0. The number of rotatable bonds is 8. The quantitative estimate of drug-likeness (QED) is 0.497. The van der Waals surface area contributed by atoms with Crippen molar-refractivity contribution in [2.75, 3.05) is 0 Å². The summed E-state index contributed by atoms with van der Waals surface area (Å²) in [5.41, 5.74) is 0. The van der Waals surface area contributed by atoms with Crippen LogP contribution in [0.2, 0.25) is 0 Å². The zero-order valence-electron chi connectivity index (χ0n) is 11.8. The predicted molar refractivity (Wildman–Crippen MR) is 71.1 cm³/mol. The first-order valence-electron chi connectivity index (χ1n) is 7.01. The minimum atomic E-state index is 0.873. The molecule has 0 spiro atoms. The van der Waals surface area contributed by atoms with Crippen molar-refractivity contribution in [1.82, 2.24) is 0 Å². The van der Waals surface area contributed by atoms with Crippen molar-refractivity contribution in [1.29, 1.82) is 0 Å². The zero-order valence-corrected chi connectivity index (χ0v) is 11.8. The Labute approximate surface area is 97.8 Å². The Balaban J connectivity index is 3.87. The van der Waals surface area contributed by atoms with E-state index in [2.05, 4.69) is 41.5 Å². The second-order valence-electron chi connectivity index (χ2n) is 5.84. The largest absolute Gasteiger partial charge is 0.0651 e. The minimum absolute atomic E-state index is 0.873. The summed E-state index contributed by atoms with van der Waals surface area (Å²) in [6.45, 7) is 14.2. The van der Waals surface area contributed by atoms with Gasteiger partial charge < -0.3 is 0 Å². The zero-order chi connectivity index (χ0) is 11.8. The first kappa shape index (κ1) is 15.0. The van der Waals surface area contributed by atoms with Gasteiger partial charge in [0.2, 0.25) is 0 Å². The second kappa shape index (κ2) is 8.19. The lowest BCUT2D eigenvalue weighted by molar-refractivity contribution is 0.272. The van der Waals surface area contributed by atoms with Crippen molar-refractivity contribution >= 4 is 0 Å². The van der Waals surface area contributed by atoms with E-state index >= 15 is 0 Å². The summed E-state index contributed by atoms with van der Waals surface area (Å²) in [5.74, 6) is 3.65. The molecule has 3 atom stereocenters. The lowest BCUT2D eigenvalue weighted by Gasteiger charge is -2.24. The Hall–Kier alpha value is 0. The third-order valence-electron chi connectivity index (χ3n) is 4.05. The van der Waals surface area contributed by atoms with E-state index in [9.17, 15) is 0 Å². The third kappa shape index (κ3) is 6.98. The summed E-state index contributed by atoms with van der Waals surface area (Å²) >= 11 is 0. The maximum absolute atomic E-state index is 2.44. The van der Waals surface area contributed by atoms with Crippen LogP contribution in [0.3, 0.4) is 0 Å². The molecule has 0 saturated carbocycles. The van der Waals surface area contributed by atoms with Crippen LogP contribution in [0.15, 0.2) is 0 Å². The lowest BCUT2D eigenvalue weighted by Crippen LogP contribution is -2.13. The van der Waals surface area contributed by atoms with Crippen LogP contribution in [0, 0.1) is 23.7 Å². The van der Waals surface area contributed by atoms with Crippen LogP contribution in [0.1, 0.15) is 73.6 Å². The van der Waals surface area contributed by atoms with Crippen LogP contribution >= 0.6 is 0 Å². The van der Waals surface area contributed by atoms with Crippen LogP contribution in [-0.2, 0) is 0 Å². The lowest BCUT2D eigenvalue weighted by atomic mass is 9.82. The van der Waals surface area contributed by atoms with Crippen LogP contribution in [0.25, 0.3) is 0 Å². The van der Waals surface area contributed by atoms with Gasteiger partial charge >= 0.3 is 0 Å². The summed E-state index contributed by atoms with van der Waals surface area (Å²) in [6, 6.07) is 0. The smallest absolute Gasteiger partial charge is 0.0414 e. The van der Waals surface area contributed by atoms with Gasteiger partial charge in [0.15, 0.2) is 0 Å². The van der Waals surface area contributed by atoms with Crippen molar-refractivity contribution in [2.24, 2.45) is 23.7 Å². The monoisotopic (exact) mass is 212 g/mol. The van der Waals surface area contributed by atoms with Gasteiger partial charge in [0, 0.05) is 0 Å². The molecule has 0 radical (unpaired) electrons. The van der Waals surface area contributed by atoms with Crippen molar-refractivity contribution in [3.05, 3.63) is 0 Å². The van der Waals surface area contributed by atoms with Crippen molar-refractivity contribution in [3.8, 4) is 0 Å². The van der Waals surface area contributed by atoms with E-state index < -0.39 is 0 Å². The van der Waals surface area contributed by atoms with Gasteiger partial charge in [-0.15, -0.1) is 0 Å². The molecular formula is C15H32. The molecule has 0 N–H and O–H groups in total. The van der Waals surface area contributed by atoms with Crippen molar-refractivity contribution < 1.29 is 0 Å². The topological polar surface area (TPSA) is 0 Å². The van der Waals surface area contributed by atoms with Crippen molar-refractivity contribution in [2.45, 2.75) is 73.6 Å². The molecule has 0 fully saturated rings. The maximum atomic E-state index is 2.44. The highest BCUT2D eigenvalue weighted by Crippen LogP contribution is 2.27. The van der Waals surface area contributed by atoms with E-state index in [4.69, 9.17) is 0 Å². The van der Waals surface area contributed by atoms with E-state index in [-0.39, 0.29) is 0 Å². The van der Waals surface area contributed by atoms with Crippen LogP contribution in [0.4, 0.5) is 0 Å². The summed E-state index contributed by atoms with van der Waals surface area (Å²) in [6.07, 6.45) is 6.99. The highest BCUT2D eigenvalue weighted by Gasteiger charge is 2.16. The Bertz CT molecular complexity index is 137. The molecule has 0 rings (SSSR count). The van der Waals surface area contributed by atoms with E-state index in [0.29, 0.717) is 0 Å². The van der Waals surface area contributed by atoms with Gasteiger partial charge in [-0.05, 0) is 30.1 Å². The van der Waals surface area contributed by atoms with E-state index in [1.54, 1.807) is 0 Å². The fourth-order valence-corrected chi connectivity index (χ4v) is 2.22. The second-order valence-corrected chi connectivity index (χ2v) is 5.84. The van der Waals surface area contributed by atoms with E-state index in [1.807, 2.05) is 0 Å². The fourth-order valence-electron chi connectivity index (χ4n) is 2.22. The average Bonchev–Trinajstić information content (AvgIpc) is 2.22. The van der Waals surface area contributed by atoms with E-state index in [0.717, 1.165) is 23.7 Å². The normalized spacial score (nSPS) is 17.8. The Kier molecular flexibility index (Phi) is 8.19. The molecule has 0 amide bonds. The first-order valence-corrected chi connectivity index (χ1v) is 7.01. The average molecular weight is 212 g/mol. The molecule has 0 aliphatic heterocycles. The molecule has 15 heavy (non-hydrogen) atoms. The predicted octanol–water partition coefficient (Wildman–Crippen LogP) is 5.52. The van der Waals surface area contributed by atoms with Gasteiger partial charge in [-0.3, -0.25) is 0 Å². The van der Waals surface area contributed by atoms with Crippen LogP contribution < -0.4 is 0 Å². The fraction of sp³-hybridized carbons (Fsp3) is 1.00. The molecule has 0 bridgehead atoms. The Morgan fingerprint density at radius 3 is 1.73 bits per heavy atom. The number of hydrogen-bond donors (Lipinski definition) is 0. The number of hydrogen-bond acceptors (Lipinski definition) is 0. The highest BCUT2D eigenvalue weighted by atomic mass is 14.2. The first-order chi connectivity index (χ1) is 7.01. The maximum Gasteiger partial charge on any atom is -0.0414 e. The Morgan fingerprint density at radius 2 is 1.33 bits per heavy atom. The molecule has 3 unspecified atom stereocenters. The van der Waals surface area contributed by atoms with Crippen molar-refractivity contribution in [3.63, 3.8) is 0 Å². The van der Waals surface area contributed by atoms with E-state index in [1.165, 1.54) is 32.1 Å². The van der Waals surface area contributed by atoms with Gasteiger partial charge in [0.1, 0.15) is 0 Å². The van der Waals surface area contributed by atoms with Crippen LogP contribution in [-0.4, -0.2) is 0 Å². The summed E-state index contributed by atoms with van der Waals surface area (Å²) in [4.78, 5) is 0. The van der Waals surface area contributed by atoms with Crippen LogP contribution in [0.5, 0.6) is 0 Å². The molecule has 0 aromatic rings.